The van der Waals surface area contributed by atoms with Gasteiger partial charge in [-0.05, 0) is 49.6 Å². The highest BCUT2D eigenvalue weighted by Gasteiger charge is 2.15. The van der Waals surface area contributed by atoms with E-state index in [9.17, 15) is 8.42 Å². The number of aliphatic imine (C=N–C) groups is 1. The third kappa shape index (κ3) is 7.32. The predicted molar refractivity (Wildman–Crippen MR) is 136 cm³/mol. The van der Waals surface area contributed by atoms with E-state index in [1.165, 1.54) is 42.6 Å². The summed E-state index contributed by atoms with van der Waals surface area (Å²) in [5, 5.41) is 6.51. The highest BCUT2D eigenvalue weighted by molar-refractivity contribution is 14.0. The molecule has 1 aliphatic rings. The summed E-state index contributed by atoms with van der Waals surface area (Å²) in [4.78, 5) is 10.7. The molecule has 0 bridgehead atoms. The molecule has 3 N–H and O–H groups in total. The Morgan fingerprint density at radius 3 is 2.65 bits per heavy atom. The molecular weight excluding hydrogens is 527 g/mol. The molecule has 8 nitrogen and oxygen atoms in total. The Hall–Kier alpha value is -1.92. The van der Waals surface area contributed by atoms with Gasteiger partial charge in [-0.15, -0.1) is 24.0 Å². The summed E-state index contributed by atoms with van der Waals surface area (Å²) in [7, 11) is -1.86. The molecule has 0 saturated carbocycles. The van der Waals surface area contributed by atoms with Gasteiger partial charge in [-0.25, -0.2) is 13.1 Å². The van der Waals surface area contributed by atoms with E-state index in [2.05, 4.69) is 61.4 Å². The lowest BCUT2D eigenvalue weighted by Gasteiger charge is -2.22. The van der Waals surface area contributed by atoms with Crippen molar-refractivity contribution in [2.45, 2.75) is 30.7 Å². The fraction of sp³-hybridized carbons (Fsp3) is 0.429. The average Bonchev–Trinajstić information content (AvgIpc) is 3.31. The van der Waals surface area contributed by atoms with Crippen LogP contribution in [0.4, 0.5) is 5.69 Å². The molecule has 31 heavy (non-hydrogen) atoms. The van der Waals surface area contributed by atoms with E-state index < -0.39 is 10.0 Å². The Morgan fingerprint density at radius 1 is 1.19 bits per heavy atom. The van der Waals surface area contributed by atoms with Gasteiger partial charge >= 0.3 is 0 Å². The Bertz CT molecular complexity index is 949. The molecule has 2 heterocycles. The summed E-state index contributed by atoms with van der Waals surface area (Å²) in [6, 6.07) is 11.7. The van der Waals surface area contributed by atoms with E-state index in [-0.39, 0.29) is 41.5 Å². The minimum atomic E-state index is -3.56. The summed E-state index contributed by atoms with van der Waals surface area (Å²) in [5.74, 6) is 0.620. The number of guanidine groups is 1. The van der Waals surface area contributed by atoms with Crippen LogP contribution in [0.2, 0.25) is 0 Å². The molecule has 1 aromatic heterocycles. The van der Waals surface area contributed by atoms with E-state index in [1.54, 1.807) is 13.1 Å². The molecule has 0 aliphatic carbocycles. The molecule has 0 amide bonds. The lowest BCUT2D eigenvalue weighted by Crippen LogP contribution is -2.42. The van der Waals surface area contributed by atoms with Crippen molar-refractivity contribution < 1.29 is 8.42 Å². The molecule has 170 valence electrons. The fourth-order valence-corrected chi connectivity index (χ4v) is 4.40. The van der Waals surface area contributed by atoms with Crippen LogP contribution < -0.4 is 20.3 Å². The van der Waals surface area contributed by atoms with Gasteiger partial charge in [0.25, 0.3) is 0 Å². The van der Waals surface area contributed by atoms with Crippen molar-refractivity contribution >= 4 is 45.6 Å². The number of anilines is 1. The zero-order chi connectivity index (χ0) is 21.4. The second-order valence-electron chi connectivity index (χ2n) is 7.24. The maximum absolute atomic E-state index is 12.2. The van der Waals surface area contributed by atoms with Crippen molar-refractivity contribution in [3.05, 3.63) is 54.4 Å². The zero-order valence-electron chi connectivity index (χ0n) is 17.9. The third-order valence-corrected chi connectivity index (χ3v) is 6.52. The van der Waals surface area contributed by atoms with Crippen molar-refractivity contribution in [3.63, 3.8) is 0 Å². The van der Waals surface area contributed by atoms with Gasteiger partial charge in [0, 0.05) is 51.3 Å². The Morgan fingerprint density at radius 2 is 1.97 bits per heavy atom. The minimum absolute atomic E-state index is 0. The predicted octanol–water partition coefficient (Wildman–Crippen LogP) is 2.50. The van der Waals surface area contributed by atoms with Crippen molar-refractivity contribution in [2.24, 2.45) is 4.99 Å². The van der Waals surface area contributed by atoms with Gasteiger partial charge in [0.2, 0.25) is 10.0 Å². The van der Waals surface area contributed by atoms with Crippen molar-refractivity contribution in [1.29, 1.82) is 0 Å². The molecule has 3 rings (SSSR count). The van der Waals surface area contributed by atoms with Crippen LogP contribution in [0.15, 0.2) is 58.7 Å². The normalized spacial score (nSPS) is 15.3. The van der Waals surface area contributed by atoms with Gasteiger partial charge < -0.3 is 15.5 Å². The minimum Gasteiger partial charge on any atom is -0.372 e. The van der Waals surface area contributed by atoms with Crippen molar-refractivity contribution in [2.75, 3.05) is 38.1 Å². The van der Waals surface area contributed by atoms with Crippen molar-refractivity contribution in [1.82, 2.24) is 20.3 Å². The quantitative estimate of drug-likeness (QED) is 0.200. The highest BCUT2D eigenvalue weighted by Crippen LogP contribution is 2.23. The lowest BCUT2D eigenvalue weighted by atomic mass is 10.1. The Kier molecular flexibility index (Phi) is 9.97. The molecule has 0 spiro atoms. The summed E-state index contributed by atoms with van der Waals surface area (Å²) in [5.41, 5.74) is 2.44. The molecule has 2 aromatic rings. The van der Waals surface area contributed by atoms with Crippen LogP contribution in [0.25, 0.3) is 0 Å². The first-order valence-electron chi connectivity index (χ1n) is 10.2. The van der Waals surface area contributed by atoms with E-state index in [0.717, 1.165) is 13.1 Å². The van der Waals surface area contributed by atoms with Crippen LogP contribution >= 0.6 is 24.0 Å². The SMILES string of the molecule is CN=C(NCCNS(=O)(=O)c1cccnc1)NC(C)c1cccc(N2CCCC2)c1.I. The van der Waals surface area contributed by atoms with Gasteiger partial charge in [0.05, 0.1) is 6.04 Å². The maximum atomic E-state index is 12.2. The van der Waals surface area contributed by atoms with Gasteiger partial charge in [-0.2, -0.15) is 0 Å². The second kappa shape index (κ2) is 12.2. The number of pyridine rings is 1. The van der Waals surface area contributed by atoms with E-state index >= 15 is 0 Å². The largest absolute Gasteiger partial charge is 0.372 e. The molecular formula is C21H31IN6O2S. The van der Waals surface area contributed by atoms with Crippen molar-refractivity contribution in [3.8, 4) is 0 Å². The smallest absolute Gasteiger partial charge is 0.242 e. The van der Waals surface area contributed by atoms with Crippen LogP contribution in [0.5, 0.6) is 0 Å². The molecule has 1 unspecified atom stereocenters. The molecule has 1 atom stereocenters. The van der Waals surface area contributed by atoms with Crippen LogP contribution in [0, 0.1) is 0 Å². The fourth-order valence-electron chi connectivity index (χ4n) is 3.40. The maximum Gasteiger partial charge on any atom is 0.242 e. The lowest BCUT2D eigenvalue weighted by molar-refractivity contribution is 0.579. The first kappa shape index (κ1) is 25.3. The summed E-state index contributed by atoms with van der Waals surface area (Å²) >= 11 is 0. The zero-order valence-corrected chi connectivity index (χ0v) is 21.1. The van der Waals surface area contributed by atoms with E-state index in [4.69, 9.17) is 0 Å². The van der Waals surface area contributed by atoms with Gasteiger partial charge in [-0.3, -0.25) is 9.98 Å². The van der Waals surface area contributed by atoms with Crippen LogP contribution in [-0.4, -0.2) is 52.6 Å². The number of hydrogen-bond donors (Lipinski definition) is 3. The molecule has 1 aliphatic heterocycles. The van der Waals surface area contributed by atoms with Gasteiger partial charge in [-0.1, -0.05) is 12.1 Å². The van der Waals surface area contributed by atoms with E-state index in [1.807, 2.05) is 0 Å². The summed E-state index contributed by atoms with van der Waals surface area (Å²) < 4.78 is 27.0. The van der Waals surface area contributed by atoms with Crippen LogP contribution in [0.3, 0.4) is 0 Å². The summed E-state index contributed by atoms with van der Waals surface area (Å²) in [6.07, 6.45) is 5.37. The van der Waals surface area contributed by atoms with Gasteiger partial charge in [0.15, 0.2) is 5.96 Å². The number of sulfonamides is 1. The number of benzene rings is 1. The Labute approximate surface area is 202 Å². The molecule has 1 aromatic carbocycles. The number of rotatable bonds is 8. The monoisotopic (exact) mass is 558 g/mol. The first-order valence-corrected chi connectivity index (χ1v) is 11.7. The molecule has 10 heteroatoms. The van der Waals surface area contributed by atoms with Crippen LogP contribution in [0.1, 0.15) is 31.4 Å². The molecule has 0 radical (unpaired) electrons. The number of nitrogens with one attached hydrogen (secondary N) is 3. The number of aromatic nitrogens is 1. The van der Waals surface area contributed by atoms with Gasteiger partial charge in [0.1, 0.15) is 4.90 Å². The highest BCUT2D eigenvalue weighted by atomic mass is 127. The topological polar surface area (TPSA) is 98.7 Å². The third-order valence-electron chi connectivity index (χ3n) is 5.07. The standard InChI is InChI=1S/C21H30N6O2S.HI/c1-17(18-7-5-8-19(15-18)27-13-3-4-14-27)26-21(22-2)24-11-12-25-30(28,29)20-9-6-10-23-16-20;/h5-10,15-17,25H,3-4,11-14H2,1-2H3,(H2,22,24,26);1H. The summed E-state index contributed by atoms with van der Waals surface area (Å²) in [6.45, 7) is 4.95. The Balaban J connectivity index is 0.00000341. The van der Waals surface area contributed by atoms with Crippen LogP contribution in [-0.2, 0) is 10.0 Å². The first-order chi connectivity index (χ1) is 14.5. The average molecular weight is 558 g/mol. The molecule has 1 saturated heterocycles. The second-order valence-corrected chi connectivity index (χ2v) is 9.01. The number of nitrogens with zero attached hydrogens (tertiary/aromatic N) is 3. The molecule has 1 fully saturated rings. The number of hydrogen-bond acceptors (Lipinski definition) is 5. The number of halogens is 1. The van der Waals surface area contributed by atoms with E-state index in [0.29, 0.717) is 12.5 Å².